The van der Waals surface area contributed by atoms with E-state index >= 15 is 0 Å². The van der Waals surface area contributed by atoms with Crippen molar-refractivity contribution in [2.75, 3.05) is 0 Å². The van der Waals surface area contributed by atoms with Gasteiger partial charge in [0.2, 0.25) is 0 Å². The van der Waals surface area contributed by atoms with Crippen LogP contribution in [0.15, 0.2) is 48.8 Å². The molecule has 1 aliphatic carbocycles. The molecular formula is C19H18F3N5. The van der Waals surface area contributed by atoms with Crippen LogP contribution < -0.4 is 5.32 Å². The first-order valence-corrected chi connectivity index (χ1v) is 8.72. The molecule has 0 amide bonds. The van der Waals surface area contributed by atoms with Crippen molar-refractivity contribution in [3.63, 3.8) is 0 Å². The molecular weight excluding hydrogens is 355 g/mol. The number of aryl methyl sites for hydroxylation is 1. The second-order valence-corrected chi connectivity index (χ2v) is 6.59. The van der Waals surface area contributed by atoms with Crippen molar-refractivity contribution in [1.82, 2.24) is 25.3 Å². The van der Waals surface area contributed by atoms with E-state index < -0.39 is 11.9 Å². The summed E-state index contributed by atoms with van der Waals surface area (Å²) in [5.74, 6) is 0. The Kier molecular flexibility index (Phi) is 4.65. The van der Waals surface area contributed by atoms with Gasteiger partial charge in [0.1, 0.15) is 5.69 Å². The molecule has 5 nitrogen and oxygen atoms in total. The van der Waals surface area contributed by atoms with Crippen LogP contribution >= 0.6 is 0 Å². The van der Waals surface area contributed by atoms with Crippen molar-refractivity contribution < 1.29 is 13.2 Å². The summed E-state index contributed by atoms with van der Waals surface area (Å²) in [5, 5.41) is 11.5. The number of pyridine rings is 1. The van der Waals surface area contributed by atoms with Crippen LogP contribution in [0.1, 0.15) is 40.5 Å². The number of fused-ring (bicyclic) bond motifs is 1. The van der Waals surface area contributed by atoms with Gasteiger partial charge >= 0.3 is 6.18 Å². The van der Waals surface area contributed by atoms with Crippen LogP contribution in [0.4, 0.5) is 13.2 Å². The summed E-state index contributed by atoms with van der Waals surface area (Å²) < 4.78 is 40.6. The molecule has 0 aliphatic heterocycles. The summed E-state index contributed by atoms with van der Waals surface area (Å²) in [6, 6.07) is 11.5. The number of benzene rings is 1. The maximum Gasteiger partial charge on any atom is 0.433 e. The van der Waals surface area contributed by atoms with E-state index in [0.29, 0.717) is 12.2 Å². The van der Waals surface area contributed by atoms with Crippen molar-refractivity contribution in [1.29, 1.82) is 0 Å². The zero-order chi connectivity index (χ0) is 18.9. The van der Waals surface area contributed by atoms with Gasteiger partial charge in [0.15, 0.2) is 0 Å². The van der Waals surface area contributed by atoms with Crippen molar-refractivity contribution >= 4 is 0 Å². The molecule has 4 rings (SSSR count). The monoisotopic (exact) mass is 373 g/mol. The lowest BCUT2D eigenvalue weighted by atomic mass is 10.1. The minimum absolute atomic E-state index is 0.0258. The van der Waals surface area contributed by atoms with E-state index in [4.69, 9.17) is 0 Å². The van der Waals surface area contributed by atoms with Crippen LogP contribution in [0, 0.1) is 0 Å². The van der Waals surface area contributed by atoms with Crippen molar-refractivity contribution in [2.24, 2.45) is 0 Å². The van der Waals surface area contributed by atoms with E-state index in [2.05, 4.69) is 32.7 Å². The molecule has 1 N–H and O–H groups in total. The summed E-state index contributed by atoms with van der Waals surface area (Å²) in [6.07, 6.45) is 0.390. The molecule has 0 saturated carbocycles. The van der Waals surface area contributed by atoms with Gasteiger partial charge in [-0.05, 0) is 30.0 Å². The zero-order valence-electron chi connectivity index (χ0n) is 14.4. The number of nitrogens with one attached hydrogen (secondary N) is 1. The van der Waals surface area contributed by atoms with Gasteiger partial charge in [-0.1, -0.05) is 35.5 Å². The molecule has 0 radical (unpaired) electrons. The lowest BCUT2D eigenvalue weighted by Gasteiger charge is -2.12. The first-order valence-electron chi connectivity index (χ1n) is 8.72. The third kappa shape index (κ3) is 3.85. The maximum absolute atomic E-state index is 13.1. The Morgan fingerprint density at radius 2 is 2.00 bits per heavy atom. The lowest BCUT2D eigenvalue weighted by molar-refractivity contribution is -0.141. The Labute approximate surface area is 154 Å². The van der Waals surface area contributed by atoms with E-state index in [0.717, 1.165) is 19.0 Å². The van der Waals surface area contributed by atoms with E-state index in [1.165, 1.54) is 27.9 Å². The molecule has 2 aromatic heterocycles. The van der Waals surface area contributed by atoms with E-state index in [1.54, 1.807) is 6.20 Å². The average Bonchev–Trinajstić information content (AvgIpc) is 3.26. The van der Waals surface area contributed by atoms with E-state index in [-0.39, 0.29) is 18.2 Å². The van der Waals surface area contributed by atoms with Gasteiger partial charge in [0.25, 0.3) is 0 Å². The van der Waals surface area contributed by atoms with E-state index in [1.807, 2.05) is 12.1 Å². The Balaban J connectivity index is 1.42. The van der Waals surface area contributed by atoms with Gasteiger partial charge in [-0.2, -0.15) is 13.2 Å². The van der Waals surface area contributed by atoms with Crippen molar-refractivity contribution in [2.45, 2.75) is 38.1 Å². The average molecular weight is 373 g/mol. The van der Waals surface area contributed by atoms with Crippen LogP contribution in [0.3, 0.4) is 0 Å². The fraction of sp³-hybridized carbons (Fsp3) is 0.316. The van der Waals surface area contributed by atoms with Crippen LogP contribution in [0.5, 0.6) is 0 Å². The molecule has 27 heavy (non-hydrogen) atoms. The van der Waals surface area contributed by atoms with Crippen LogP contribution in [0.2, 0.25) is 0 Å². The molecule has 1 aliphatic rings. The highest BCUT2D eigenvalue weighted by Crippen LogP contribution is 2.31. The van der Waals surface area contributed by atoms with E-state index in [9.17, 15) is 13.2 Å². The highest BCUT2D eigenvalue weighted by molar-refractivity contribution is 5.34. The van der Waals surface area contributed by atoms with Gasteiger partial charge in [-0.3, -0.25) is 4.98 Å². The summed E-state index contributed by atoms with van der Waals surface area (Å²) in [5.41, 5.74) is 2.53. The van der Waals surface area contributed by atoms with Gasteiger partial charge in [-0.25, -0.2) is 4.68 Å². The molecule has 3 aromatic rings. The number of hydrogen-bond acceptors (Lipinski definition) is 4. The molecule has 0 bridgehead atoms. The lowest BCUT2D eigenvalue weighted by Crippen LogP contribution is -2.18. The fourth-order valence-corrected chi connectivity index (χ4v) is 3.49. The summed E-state index contributed by atoms with van der Waals surface area (Å²) in [4.78, 5) is 3.46. The maximum atomic E-state index is 13.1. The molecule has 0 spiro atoms. The van der Waals surface area contributed by atoms with Crippen molar-refractivity contribution in [3.8, 4) is 0 Å². The number of alkyl halides is 3. The Morgan fingerprint density at radius 1 is 1.15 bits per heavy atom. The number of nitrogens with zero attached hydrogens (tertiary/aromatic N) is 4. The molecule has 8 heteroatoms. The smallest absolute Gasteiger partial charge is 0.304 e. The largest absolute Gasteiger partial charge is 0.433 e. The van der Waals surface area contributed by atoms with Crippen molar-refractivity contribution in [3.05, 3.63) is 76.9 Å². The molecule has 140 valence electrons. The molecule has 1 atom stereocenters. The molecule has 1 unspecified atom stereocenters. The number of halogens is 3. The third-order valence-electron chi connectivity index (χ3n) is 4.74. The van der Waals surface area contributed by atoms with Gasteiger partial charge < -0.3 is 5.32 Å². The minimum atomic E-state index is -4.49. The zero-order valence-corrected chi connectivity index (χ0v) is 14.4. The van der Waals surface area contributed by atoms with Gasteiger partial charge in [0, 0.05) is 24.3 Å². The van der Waals surface area contributed by atoms with Crippen LogP contribution in [0.25, 0.3) is 0 Å². The number of hydrogen-bond donors (Lipinski definition) is 1. The summed E-state index contributed by atoms with van der Waals surface area (Å²) in [6.45, 7) is 0.486. The Bertz CT molecular complexity index is 935. The fourth-order valence-electron chi connectivity index (χ4n) is 3.49. The second-order valence-electron chi connectivity index (χ2n) is 6.59. The normalized spacial score (nSPS) is 16.5. The summed E-state index contributed by atoms with van der Waals surface area (Å²) in [7, 11) is 0. The molecule has 0 saturated heterocycles. The first kappa shape index (κ1) is 17.7. The quantitative estimate of drug-likeness (QED) is 0.744. The van der Waals surface area contributed by atoms with Gasteiger partial charge in [-0.15, -0.1) is 5.10 Å². The number of aromatic nitrogens is 4. The first-order chi connectivity index (χ1) is 13.0. The Morgan fingerprint density at radius 3 is 2.85 bits per heavy atom. The minimum Gasteiger partial charge on any atom is -0.304 e. The molecule has 2 heterocycles. The highest BCUT2D eigenvalue weighted by Gasteiger charge is 2.35. The number of rotatable bonds is 5. The predicted molar refractivity (Wildman–Crippen MR) is 92.7 cm³/mol. The second kappa shape index (κ2) is 7.11. The molecule has 1 aromatic carbocycles. The van der Waals surface area contributed by atoms with Crippen LogP contribution in [-0.4, -0.2) is 20.0 Å². The van der Waals surface area contributed by atoms with Crippen LogP contribution in [-0.2, 0) is 25.7 Å². The van der Waals surface area contributed by atoms with Gasteiger partial charge in [0.05, 0.1) is 18.4 Å². The highest BCUT2D eigenvalue weighted by atomic mass is 19.4. The standard InChI is InChI=1S/C19H18F3N5/c20-19(21,22)18-14(5-3-9-23-18)11-27-12-15(25-26-27)10-24-17-8-7-13-4-1-2-6-16(13)17/h1-6,9,12,17,24H,7-8,10-11H2. The summed E-state index contributed by atoms with van der Waals surface area (Å²) >= 11 is 0. The topological polar surface area (TPSA) is 55.6 Å². The predicted octanol–water partition coefficient (Wildman–Crippen LogP) is 3.52. The third-order valence-corrected chi connectivity index (χ3v) is 4.74. The SMILES string of the molecule is FC(F)(F)c1ncccc1Cn1cc(CNC2CCc3ccccc32)nn1. The Hall–Kier alpha value is -2.74. The molecule has 0 fully saturated rings.